The summed E-state index contributed by atoms with van der Waals surface area (Å²) >= 11 is 0. The molecule has 0 spiro atoms. The van der Waals surface area contributed by atoms with Gasteiger partial charge in [-0.3, -0.25) is 0 Å². The molecule has 1 unspecified atom stereocenters. The summed E-state index contributed by atoms with van der Waals surface area (Å²) in [5.74, 6) is 0. The lowest BCUT2D eigenvalue weighted by molar-refractivity contribution is 0.0690. The molecule has 1 atom stereocenters. The highest BCUT2D eigenvalue weighted by atomic mass is 28.3. The fourth-order valence-corrected chi connectivity index (χ4v) is 2.10. The van der Waals surface area contributed by atoms with Gasteiger partial charge in [0.1, 0.15) is 6.10 Å². The molecule has 0 saturated heterocycles. The van der Waals surface area contributed by atoms with Crippen molar-refractivity contribution in [2.45, 2.75) is 25.7 Å². The van der Waals surface area contributed by atoms with Gasteiger partial charge in [0.15, 0.2) is 0 Å². The largest absolute Gasteiger partial charge is 0.506 e. The molecule has 0 bridgehead atoms. The Labute approximate surface area is 103 Å². The van der Waals surface area contributed by atoms with Crippen LogP contribution >= 0.6 is 0 Å². The Morgan fingerprint density at radius 3 is 2.35 bits per heavy atom. The third-order valence-electron chi connectivity index (χ3n) is 2.13. The van der Waals surface area contributed by atoms with Gasteiger partial charge >= 0.3 is 6.16 Å². The van der Waals surface area contributed by atoms with Crippen molar-refractivity contribution in [1.82, 2.24) is 0 Å². The lowest BCUT2D eigenvalue weighted by Gasteiger charge is -2.15. The van der Waals surface area contributed by atoms with Crippen molar-refractivity contribution >= 4 is 14.2 Å². The fraction of sp³-hybridized carbons (Fsp3) is 0.308. The van der Waals surface area contributed by atoms with Crippen LogP contribution in [0.25, 0.3) is 0 Å². The van der Waals surface area contributed by atoms with Crippen molar-refractivity contribution < 1.29 is 14.6 Å². The summed E-state index contributed by atoms with van der Waals surface area (Å²) in [4.78, 5) is 10.7. The third-order valence-corrected chi connectivity index (χ3v) is 3.32. The maximum atomic E-state index is 10.7. The second kappa shape index (κ2) is 5.68. The summed E-state index contributed by atoms with van der Waals surface area (Å²) in [6.07, 6.45) is 0.0786. The van der Waals surface area contributed by atoms with Gasteiger partial charge in [-0.15, -0.1) is 0 Å². The van der Waals surface area contributed by atoms with E-state index in [0.29, 0.717) is 0 Å². The van der Waals surface area contributed by atoms with Gasteiger partial charge in [0.2, 0.25) is 0 Å². The third kappa shape index (κ3) is 5.35. The standard InChI is InChI=1S/C13H18O3Si/c1-17(2,3)10-9-12(16-13(14)15)11-7-5-4-6-8-11/h4-10,12H,1-3H3,(H,14,15)/b10-9+. The minimum absolute atomic E-state index is 0.513. The van der Waals surface area contributed by atoms with Gasteiger partial charge in [-0.1, -0.05) is 55.7 Å². The lowest BCUT2D eigenvalue weighted by atomic mass is 10.1. The molecule has 0 fully saturated rings. The van der Waals surface area contributed by atoms with Crippen LogP contribution in [-0.2, 0) is 4.74 Å². The van der Waals surface area contributed by atoms with Crippen LogP contribution in [-0.4, -0.2) is 19.3 Å². The second-order valence-electron chi connectivity index (χ2n) is 4.94. The van der Waals surface area contributed by atoms with Gasteiger partial charge < -0.3 is 9.84 Å². The van der Waals surface area contributed by atoms with Gasteiger partial charge in [0.05, 0.1) is 8.07 Å². The maximum absolute atomic E-state index is 10.7. The molecule has 0 aromatic heterocycles. The molecule has 0 aliphatic carbocycles. The molecule has 4 heteroatoms. The summed E-state index contributed by atoms with van der Waals surface area (Å²) in [7, 11) is -1.36. The van der Waals surface area contributed by atoms with Crippen LogP contribution in [0.5, 0.6) is 0 Å². The molecule has 1 aromatic carbocycles. The molecule has 17 heavy (non-hydrogen) atoms. The number of carboxylic acid groups (broad SMARTS) is 1. The molecule has 0 heterocycles. The Morgan fingerprint density at radius 1 is 1.29 bits per heavy atom. The first-order chi connectivity index (χ1) is 7.88. The molecule has 3 nitrogen and oxygen atoms in total. The molecule has 1 rings (SSSR count). The monoisotopic (exact) mass is 250 g/mol. The number of hydrogen-bond acceptors (Lipinski definition) is 2. The Kier molecular flexibility index (Phi) is 4.51. The topological polar surface area (TPSA) is 46.5 Å². The van der Waals surface area contributed by atoms with E-state index in [2.05, 4.69) is 25.3 Å². The van der Waals surface area contributed by atoms with Crippen LogP contribution in [0.4, 0.5) is 4.79 Å². The van der Waals surface area contributed by atoms with Crippen molar-refractivity contribution in [3.63, 3.8) is 0 Å². The van der Waals surface area contributed by atoms with Crippen LogP contribution in [0.1, 0.15) is 11.7 Å². The maximum Gasteiger partial charge on any atom is 0.506 e. The highest BCUT2D eigenvalue weighted by molar-refractivity contribution is 6.80. The van der Waals surface area contributed by atoms with Gasteiger partial charge in [0.25, 0.3) is 0 Å². The quantitative estimate of drug-likeness (QED) is 0.652. The van der Waals surface area contributed by atoms with Crippen molar-refractivity contribution in [3.8, 4) is 0 Å². The summed E-state index contributed by atoms with van der Waals surface area (Å²) in [5, 5.41) is 8.73. The van der Waals surface area contributed by atoms with E-state index < -0.39 is 20.3 Å². The fourth-order valence-electron chi connectivity index (χ4n) is 1.35. The molecule has 0 aliphatic rings. The first kappa shape index (κ1) is 13.5. The van der Waals surface area contributed by atoms with Crippen molar-refractivity contribution in [2.75, 3.05) is 0 Å². The highest BCUT2D eigenvalue weighted by Gasteiger charge is 2.15. The SMILES string of the molecule is C[Si](C)(C)/C=C/C(OC(=O)O)c1ccccc1. The number of hydrogen-bond donors (Lipinski definition) is 1. The first-order valence-corrected chi connectivity index (χ1v) is 9.10. The Morgan fingerprint density at radius 2 is 1.88 bits per heavy atom. The average molecular weight is 250 g/mol. The predicted molar refractivity (Wildman–Crippen MR) is 70.8 cm³/mol. The number of benzene rings is 1. The Balaban J connectivity index is 2.89. The molecular weight excluding hydrogens is 232 g/mol. The van der Waals surface area contributed by atoms with Gasteiger partial charge in [-0.2, -0.15) is 0 Å². The zero-order valence-corrected chi connectivity index (χ0v) is 11.4. The molecule has 0 amide bonds. The van der Waals surface area contributed by atoms with Crippen LogP contribution in [0.2, 0.25) is 19.6 Å². The zero-order valence-electron chi connectivity index (χ0n) is 10.4. The first-order valence-electron chi connectivity index (χ1n) is 5.52. The van der Waals surface area contributed by atoms with Crippen molar-refractivity contribution in [1.29, 1.82) is 0 Å². The normalized spacial score (nSPS) is 13.6. The lowest BCUT2D eigenvalue weighted by Crippen LogP contribution is -2.17. The van der Waals surface area contributed by atoms with E-state index >= 15 is 0 Å². The van der Waals surface area contributed by atoms with E-state index in [9.17, 15) is 4.79 Å². The second-order valence-corrected chi connectivity index (χ2v) is 10.0. The van der Waals surface area contributed by atoms with Crippen LogP contribution < -0.4 is 0 Å². The Bertz CT molecular complexity index is 393. The van der Waals surface area contributed by atoms with E-state index in [1.165, 1.54) is 0 Å². The number of rotatable bonds is 4. The van der Waals surface area contributed by atoms with Crippen LogP contribution in [0.15, 0.2) is 42.1 Å². The predicted octanol–water partition coefficient (Wildman–Crippen LogP) is 3.86. The molecule has 0 aliphatic heterocycles. The van der Waals surface area contributed by atoms with Crippen LogP contribution in [0.3, 0.4) is 0 Å². The van der Waals surface area contributed by atoms with E-state index in [0.717, 1.165) is 5.56 Å². The molecular formula is C13H18O3Si. The van der Waals surface area contributed by atoms with Gasteiger partial charge in [0, 0.05) is 0 Å². The summed E-state index contributed by atoms with van der Waals surface area (Å²) in [6.45, 7) is 6.56. The van der Waals surface area contributed by atoms with Gasteiger partial charge in [-0.25, -0.2) is 4.79 Å². The highest BCUT2D eigenvalue weighted by Crippen LogP contribution is 2.20. The minimum Gasteiger partial charge on any atom is -0.450 e. The molecule has 0 radical (unpaired) electrons. The Hall–Kier alpha value is -1.55. The number of carbonyl (C=O) groups is 1. The zero-order chi connectivity index (χ0) is 12.9. The van der Waals surface area contributed by atoms with Crippen molar-refractivity contribution in [3.05, 3.63) is 47.7 Å². The smallest absolute Gasteiger partial charge is 0.450 e. The average Bonchev–Trinajstić information content (AvgIpc) is 2.24. The molecule has 92 valence electrons. The molecule has 1 N–H and O–H groups in total. The summed E-state index contributed by atoms with van der Waals surface area (Å²) in [5.41, 5.74) is 2.94. The van der Waals surface area contributed by atoms with E-state index in [-0.39, 0.29) is 0 Å². The number of ether oxygens (including phenoxy) is 1. The van der Waals surface area contributed by atoms with Gasteiger partial charge in [-0.05, 0) is 11.6 Å². The van der Waals surface area contributed by atoms with E-state index in [1.807, 2.05) is 36.4 Å². The summed E-state index contributed by atoms with van der Waals surface area (Å²) in [6, 6.07) is 9.36. The molecule has 0 saturated carbocycles. The molecule has 1 aromatic rings. The van der Waals surface area contributed by atoms with E-state index in [4.69, 9.17) is 9.84 Å². The van der Waals surface area contributed by atoms with Crippen LogP contribution in [0, 0.1) is 0 Å². The van der Waals surface area contributed by atoms with E-state index in [1.54, 1.807) is 0 Å². The summed E-state index contributed by atoms with van der Waals surface area (Å²) < 4.78 is 4.88. The minimum atomic E-state index is -1.36. The van der Waals surface area contributed by atoms with Crippen molar-refractivity contribution in [2.24, 2.45) is 0 Å².